The van der Waals surface area contributed by atoms with Crippen molar-refractivity contribution >= 4 is 51.0 Å². The second-order valence-electron chi connectivity index (χ2n) is 6.56. The summed E-state index contributed by atoms with van der Waals surface area (Å²) in [6.45, 7) is 0. The van der Waals surface area contributed by atoms with E-state index in [-0.39, 0.29) is 17.5 Å². The molecule has 31 heavy (non-hydrogen) atoms. The molecule has 1 aromatic heterocycles. The van der Waals surface area contributed by atoms with Crippen LogP contribution in [0.5, 0.6) is 0 Å². The molecule has 2 aromatic carbocycles. The molecule has 1 aliphatic heterocycles. The standard InChI is InChI=1S/C21H16BrN5O3S/c22-15-8-6-13(7-9-15)19-14(12-27(26-19)16-4-2-1-3-5-16)11-23-25-21-24-20(30)17(31-21)10-18(28)29/h1-9,11-12,17H,10H2,(H,28,29)(H,24,25,30)/b23-11-. The van der Waals surface area contributed by atoms with Crippen LogP contribution in [0.3, 0.4) is 0 Å². The number of nitrogens with zero attached hydrogens (tertiary/aromatic N) is 4. The maximum absolute atomic E-state index is 11.8. The van der Waals surface area contributed by atoms with Gasteiger partial charge in [-0.15, -0.1) is 5.10 Å². The molecule has 0 radical (unpaired) electrons. The summed E-state index contributed by atoms with van der Waals surface area (Å²) in [5.41, 5.74) is 3.29. The maximum atomic E-state index is 11.8. The number of hydrogen-bond acceptors (Lipinski definition) is 6. The van der Waals surface area contributed by atoms with Gasteiger partial charge in [-0.3, -0.25) is 9.59 Å². The molecule has 10 heteroatoms. The molecule has 1 amide bonds. The van der Waals surface area contributed by atoms with Gasteiger partial charge in [0, 0.05) is 21.8 Å². The number of rotatable bonds is 6. The molecule has 2 N–H and O–H groups in total. The van der Waals surface area contributed by atoms with E-state index in [9.17, 15) is 9.59 Å². The highest BCUT2D eigenvalue weighted by Gasteiger charge is 2.32. The summed E-state index contributed by atoms with van der Waals surface area (Å²) in [4.78, 5) is 22.7. The van der Waals surface area contributed by atoms with Crippen molar-refractivity contribution in [3.8, 4) is 16.9 Å². The molecule has 4 rings (SSSR count). The van der Waals surface area contributed by atoms with Gasteiger partial charge in [0.15, 0.2) is 5.17 Å². The monoisotopic (exact) mass is 497 g/mol. The van der Waals surface area contributed by atoms with Gasteiger partial charge < -0.3 is 10.4 Å². The SMILES string of the molecule is O=C(O)CC1S/C(=N\N=C/c2cn(-c3ccccc3)nc2-c2ccc(Br)cc2)NC1=O. The van der Waals surface area contributed by atoms with Gasteiger partial charge in [-0.1, -0.05) is 58.0 Å². The van der Waals surface area contributed by atoms with Gasteiger partial charge in [-0.2, -0.15) is 10.2 Å². The van der Waals surface area contributed by atoms with E-state index in [2.05, 4.69) is 31.4 Å². The fourth-order valence-electron chi connectivity index (χ4n) is 2.92. The maximum Gasteiger partial charge on any atom is 0.305 e. The van der Waals surface area contributed by atoms with Crippen LogP contribution in [0, 0.1) is 0 Å². The van der Waals surface area contributed by atoms with E-state index in [1.165, 1.54) is 0 Å². The fourth-order valence-corrected chi connectivity index (χ4v) is 4.10. The molecule has 1 unspecified atom stereocenters. The largest absolute Gasteiger partial charge is 0.481 e. The Balaban J connectivity index is 1.62. The second kappa shape index (κ2) is 9.27. The van der Waals surface area contributed by atoms with Crippen molar-refractivity contribution in [3.63, 3.8) is 0 Å². The summed E-state index contributed by atoms with van der Waals surface area (Å²) in [6, 6.07) is 17.5. The summed E-state index contributed by atoms with van der Waals surface area (Å²) in [6.07, 6.45) is 3.15. The molecule has 0 spiro atoms. The number of amides is 1. The van der Waals surface area contributed by atoms with Crippen LogP contribution in [-0.4, -0.2) is 43.4 Å². The summed E-state index contributed by atoms with van der Waals surface area (Å²) < 4.78 is 2.73. The number of carbonyl (C=O) groups is 2. The lowest BCUT2D eigenvalue weighted by molar-refractivity contribution is -0.138. The third-order valence-corrected chi connectivity index (χ3v) is 5.96. The lowest BCUT2D eigenvalue weighted by atomic mass is 10.1. The summed E-state index contributed by atoms with van der Waals surface area (Å²) in [7, 11) is 0. The minimum Gasteiger partial charge on any atom is -0.481 e. The number of halogens is 1. The summed E-state index contributed by atoms with van der Waals surface area (Å²) >= 11 is 4.49. The van der Waals surface area contributed by atoms with Gasteiger partial charge >= 0.3 is 5.97 Å². The van der Waals surface area contributed by atoms with Crippen molar-refractivity contribution in [2.45, 2.75) is 11.7 Å². The van der Waals surface area contributed by atoms with E-state index in [1.54, 1.807) is 10.9 Å². The van der Waals surface area contributed by atoms with E-state index in [1.807, 2.05) is 60.8 Å². The average molecular weight is 498 g/mol. The van der Waals surface area contributed by atoms with E-state index >= 15 is 0 Å². The third kappa shape index (κ3) is 5.09. The van der Waals surface area contributed by atoms with Crippen molar-refractivity contribution in [1.29, 1.82) is 0 Å². The Bertz CT molecular complexity index is 1180. The molecule has 1 fully saturated rings. The van der Waals surface area contributed by atoms with Gasteiger partial charge in [0.05, 0.1) is 18.3 Å². The average Bonchev–Trinajstić information content (AvgIpc) is 3.33. The predicted octanol–water partition coefficient (Wildman–Crippen LogP) is 3.70. The van der Waals surface area contributed by atoms with Crippen LogP contribution in [0.1, 0.15) is 12.0 Å². The van der Waals surface area contributed by atoms with Crippen molar-refractivity contribution < 1.29 is 14.7 Å². The highest BCUT2D eigenvalue weighted by molar-refractivity contribution is 9.10. The molecule has 0 bridgehead atoms. The number of carbonyl (C=O) groups excluding carboxylic acids is 1. The number of carboxylic acids is 1. The number of aliphatic carboxylic acids is 1. The van der Waals surface area contributed by atoms with E-state index in [0.717, 1.165) is 38.7 Å². The number of nitrogens with one attached hydrogen (secondary N) is 1. The Hall–Kier alpha value is -3.24. The van der Waals surface area contributed by atoms with Crippen molar-refractivity contribution in [3.05, 3.63) is 70.8 Å². The number of hydrogen-bond donors (Lipinski definition) is 2. The van der Waals surface area contributed by atoms with Crippen LogP contribution >= 0.6 is 27.7 Å². The van der Waals surface area contributed by atoms with Crippen LogP contribution in [0.25, 0.3) is 16.9 Å². The minimum absolute atomic E-state index is 0.267. The Morgan fingerprint density at radius 1 is 1.23 bits per heavy atom. The normalized spacial score (nSPS) is 17.4. The number of benzene rings is 2. The van der Waals surface area contributed by atoms with E-state index in [4.69, 9.17) is 10.2 Å². The lowest BCUT2D eigenvalue weighted by Crippen LogP contribution is -2.26. The van der Waals surface area contributed by atoms with E-state index in [0.29, 0.717) is 0 Å². The van der Waals surface area contributed by atoms with Gasteiger partial charge in [0.25, 0.3) is 0 Å². The van der Waals surface area contributed by atoms with Crippen LogP contribution in [0.4, 0.5) is 0 Å². The zero-order valence-electron chi connectivity index (χ0n) is 16.0. The summed E-state index contributed by atoms with van der Waals surface area (Å²) in [5, 5.41) is 23.8. The molecular formula is C21H16BrN5O3S. The molecule has 1 atom stereocenters. The molecule has 156 valence electrons. The smallest absolute Gasteiger partial charge is 0.305 e. The van der Waals surface area contributed by atoms with Crippen molar-refractivity contribution in [1.82, 2.24) is 15.1 Å². The van der Waals surface area contributed by atoms with Crippen molar-refractivity contribution in [2.24, 2.45) is 10.2 Å². The molecular weight excluding hydrogens is 482 g/mol. The zero-order chi connectivity index (χ0) is 21.8. The fraction of sp³-hybridized carbons (Fsp3) is 0.0952. The molecule has 1 saturated heterocycles. The molecule has 3 aromatic rings. The predicted molar refractivity (Wildman–Crippen MR) is 124 cm³/mol. The Labute approximate surface area is 190 Å². The highest BCUT2D eigenvalue weighted by atomic mass is 79.9. The first-order chi connectivity index (χ1) is 15.0. The van der Waals surface area contributed by atoms with Gasteiger partial charge in [-0.05, 0) is 24.3 Å². The van der Waals surface area contributed by atoms with Crippen LogP contribution < -0.4 is 5.32 Å². The van der Waals surface area contributed by atoms with Crippen molar-refractivity contribution in [2.75, 3.05) is 0 Å². The molecule has 2 heterocycles. The third-order valence-electron chi connectivity index (χ3n) is 4.36. The first-order valence-corrected chi connectivity index (χ1v) is 10.9. The zero-order valence-corrected chi connectivity index (χ0v) is 18.4. The van der Waals surface area contributed by atoms with Crippen LogP contribution in [-0.2, 0) is 9.59 Å². The Kier molecular flexibility index (Phi) is 6.28. The number of amidine groups is 1. The lowest BCUT2D eigenvalue weighted by Gasteiger charge is -2.00. The first-order valence-electron chi connectivity index (χ1n) is 9.21. The Morgan fingerprint density at radius 3 is 2.68 bits per heavy atom. The quantitative estimate of drug-likeness (QED) is 0.398. The van der Waals surface area contributed by atoms with Gasteiger partial charge in [0.1, 0.15) is 10.9 Å². The van der Waals surface area contributed by atoms with Gasteiger partial charge in [0.2, 0.25) is 5.91 Å². The van der Waals surface area contributed by atoms with Gasteiger partial charge in [-0.25, -0.2) is 4.68 Å². The Morgan fingerprint density at radius 2 is 1.97 bits per heavy atom. The highest BCUT2D eigenvalue weighted by Crippen LogP contribution is 2.25. The summed E-state index contributed by atoms with van der Waals surface area (Å²) in [5.74, 6) is -1.42. The topological polar surface area (TPSA) is 109 Å². The number of carboxylic acid groups (broad SMARTS) is 1. The molecule has 1 aliphatic rings. The molecule has 0 saturated carbocycles. The van der Waals surface area contributed by atoms with E-state index < -0.39 is 11.2 Å². The molecule has 0 aliphatic carbocycles. The van der Waals surface area contributed by atoms with Crippen LogP contribution in [0.15, 0.2) is 75.5 Å². The number of thioether (sulfide) groups is 1. The van der Waals surface area contributed by atoms with Crippen LogP contribution in [0.2, 0.25) is 0 Å². The molecule has 8 nitrogen and oxygen atoms in total. The number of aromatic nitrogens is 2. The number of para-hydroxylation sites is 1. The first kappa shape index (κ1) is 21.0. The minimum atomic E-state index is -1.04. The second-order valence-corrected chi connectivity index (χ2v) is 8.67.